The zero-order valence-electron chi connectivity index (χ0n) is 9.27. The molecule has 0 radical (unpaired) electrons. The maximum atomic E-state index is 11.8. The minimum Gasteiger partial charge on any atom is -0.341 e. The van der Waals surface area contributed by atoms with E-state index in [-0.39, 0.29) is 16.9 Å². The number of hydrogen-bond donors (Lipinski definition) is 1. The number of aromatic amines is 1. The van der Waals surface area contributed by atoms with E-state index in [0.717, 1.165) is 12.8 Å². The highest BCUT2D eigenvalue weighted by Gasteiger charge is 2.29. The predicted octanol–water partition coefficient (Wildman–Crippen LogP) is -0.0801. The van der Waals surface area contributed by atoms with Crippen molar-refractivity contribution in [1.29, 1.82) is 0 Å². The lowest BCUT2D eigenvalue weighted by Gasteiger charge is -2.16. The zero-order chi connectivity index (χ0) is 12.6. The number of aromatic nitrogens is 2. The third kappa shape index (κ3) is 2.66. The number of amides is 1. The number of nitrogens with one attached hydrogen (secondary N) is 1. The van der Waals surface area contributed by atoms with E-state index >= 15 is 0 Å². The van der Waals surface area contributed by atoms with Crippen LogP contribution in [0, 0.1) is 0 Å². The van der Waals surface area contributed by atoms with Gasteiger partial charge in [-0.2, -0.15) is 0 Å². The minimum absolute atomic E-state index is 0.0544. The number of carbonyl (C=O) groups is 1. The highest BCUT2D eigenvalue weighted by molar-refractivity contribution is 9.10. The predicted molar refractivity (Wildman–Crippen MR) is 64.8 cm³/mol. The third-order valence-corrected chi connectivity index (χ3v) is 3.33. The first-order valence-electron chi connectivity index (χ1n) is 5.24. The van der Waals surface area contributed by atoms with E-state index < -0.39 is 11.2 Å². The van der Waals surface area contributed by atoms with Crippen molar-refractivity contribution in [3.8, 4) is 0 Å². The fourth-order valence-electron chi connectivity index (χ4n) is 1.52. The SMILES string of the molecule is CN(C(=O)Cn1cc(Br)c(=O)[nH]c1=O)C1CC1. The topological polar surface area (TPSA) is 75.2 Å². The molecular formula is C10H12BrN3O3. The number of halogens is 1. The second-order valence-electron chi connectivity index (χ2n) is 4.10. The average molecular weight is 302 g/mol. The summed E-state index contributed by atoms with van der Waals surface area (Å²) in [6, 6.07) is 0.310. The van der Waals surface area contributed by atoms with Gasteiger partial charge in [0.1, 0.15) is 6.54 Å². The van der Waals surface area contributed by atoms with Gasteiger partial charge in [-0.1, -0.05) is 0 Å². The average Bonchev–Trinajstić information content (AvgIpc) is 3.08. The molecule has 0 aromatic carbocycles. The summed E-state index contributed by atoms with van der Waals surface area (Å²) in [7, 11) is 1.73. The van der Waals surface area contributed by atoms with Gasteiger partial charge in [-0.15, -0.1) is 0 Å². The lowest BCUT2D eigenvalue weighted by molar-refractivity contribution is -0.131. The molecule has 1 aliphatic carbocycles. The van der Waals surface area contributed by atoms with Gasteiger partial charge in [0.2, 0.25) is 5.91 Å². The van der Waals surface area contributed by atoms with Gasteiger partial charge in [-0.25, -0.2) is 4.79 Å². The van der Waals surface area contributed by atoms with Crippen LogP contribution in [-0.2, 0) is 11.3 Å². The van der Waals surface area contributed by atoms with Gasteiger partial charge in [0.05, 0.1) is 4.47 Å². The van der Waals surface area contributed by atoms with Gasteiger partial charge in [0.15, 0.2) is 0 Å². The summed E-state index contributed by atoms with van der Waals surface area (Å²) < 4.78 is 1.42. The molecule has 1 fully saturated rings. The number of hydrogen-bond acceptors (Lipinski definition) is 3. The molecule has 17 heavy (non-hydrogen) atoms. The van der Waals surface area contributed by atoms with Gasteiger partial charge in [-0.3, -0.25) is 19.1 Å². The van der Waals surface area contributed by atoms with E-state index in [9.17, 15) is 14.4 Å². The molecule has 1 amide bonds. The Morgan fingerprint density at radius 1 is 1.59 bits per heavy atom. The third-order valence-electron chi connectivity index (χ3n) is 2.76. The summed E-state index contributed by atoms with van der Waals surface area (Å²) in [5, 5.41) is 0. The van der Waals surface area contributed by atoms with Crippen molar-refractivity contribution in [3.05, 3.63) is 31.5 Å². The first-order valence-corrected chi connectivity index (χ1v) is 6.03. The number of nitrogens with zero attached hydrogens (tertiary/aromatic N) is 2. The van der Waals surface area contributed by atoms with Crippen molar-refractivity contribution in [2.45, 2.75) is 25.4 Å². The quantitative estimate of drug-likeness (QED) is 0.848. The highest BCUT2D eigenvalue weighted by atomic mass is 79.9. The van der Waals surface area contributed by atoms with E-state index in [2.05, 4.69) is 20.9 Å². The Bertz CT molecular complexity index is 559. The van der Waals surface area contributed by atoms with Crippen LogP contribution in [0.5, 0.6) is 0 Å². The Balaban J connectivity index is 2.18. The first-order chi connectivity index (χ1) is 7.99. The van der Waals surface area contributed by atoms with Crippen molar-refractivity contribution in [2.24, 2.45) is 0 Å². The molecule has 92 valence electrons. The van der Waals surface area contributed by atoms with Crippen molar-refractivity contribution in [3.63, 3.8) is 0 Å². The van der Waals surface area contributed by atoms with Gasteiger partial charge >= 0.3 is 5.69 Å². The van der Waals surface area contributed by atoms with Crippen LogP contribution in [0.3, 0.4) is 0 Å². The fraction of sp³-hybridized carbons (Fsp3) is 0.500. The van der Waals surface area contributed by atoms with E-state index in [1.54, 1.807) is 11.9 Å². The number of rotatable bonds is 3. The van der Waals surface area contributed by atoms with Crippen LogP contribution in [0.1, 0.15) is 12.8 Å². The molecule has 1 heterocycles. The Labute approximate surface area is 105 Å². The van der Waals surface area contributed by atoms with Crippen LogP contribution >= 0.6 is 15.9 Å². The summed E-state index contributed by atoms with van der Waals surface area (Å²) in [5.74, 6) is -0.131. The Morgan fingerprint density at radius 3 is 2.82 bits per heavy atom. The molecule has 7 heteroatoms. The van der Waals surface area contributed by atoms with Crippen LogP contribution in [0.2, 0.25) is 0 Å². The minimum atomic E-state index is -0.573. The van der Waals surface area contributed by atoms with E-state index in [1.165, 1.54) is 10.8 Å². The molecule has 0 aliphatic heterocycles. The lowest BCUT2D eigenvalue weighted by atomic mass is 10.4. The summed E-state index contributed by atoms with van der Waals surface area (Å²) in [6.45, 7) is -0.0544. The van der Waals surface area contributed by atoms with E-state index in [1.807, 2.05) is 0 Å². The maximum Gasteiger partial charge on any atom is 0.328 e. The van der Waals surface area contributed by atoms with Crippen molar-refractivity contribution < 1.29 is 4.79 Å². The molecule has 0 bridgehead atoms. The standard InChI is InChI=1S/C10H12BrN3O3/c1-13(6-2-3-6)8(15)5-14-4-7(11)9(16)12-10(14)17/h4,6H,2-3,5H2,1H3,(H,12,16,17). The first kappa shape index (κ1) is 12.1. The normalized spacial score (nSPS) is 14.7. The molecule has 1 saturated carbocycles. The molecule has 6 nitrogen and oxygen atoms in total. The van der Waals surface area contributed by atoms with Crippen LogP contribution < -0.4 is 11.2 Å². The molecule has 2 rings (SSSR count). The Hall–Kier alpha value is -1.37. The molecule has 0 saturated heterocycles. The second kappa shape index (κ2) is 4.48. The molecule has 1 aromatic heterocycles. The zero-order valence-corrected chi connectivity index (χ0v) is 10.9. The summed E-state index contributed by atoms with van der Waals surface area (Å²) in [4.78, 5) is 38.1. The lowest BCUT2D eigenvalue weighted by Crippen LogP contribution is -2.37. The molecule has 0 spiro atoms. The maximum absolute atomic E-state index is 11.8. The van der Waals surface area contributed by atoms with Gasteiger partial charge in [0, 0.05) is 19.3 Å². The van der Waals surface area contributed by atoms with Gasteiger partial charge < -0.3 is 4.90 Å². The molecular weight excluding hydrogens is 290 g/mol. The van der Waals surface area contributed by atoms with Crippen LogP contribution in [-0.4, -0.2) is 33.4 Å². The molecule has 0 unspecified atom stereocenters. The molecule has 0 atom stereocenters. The largest absolute Gasteiger partial charge is 0.341 e. The number of H-pyrrole nitrogens is 1. The Morgan fingerprint density at radius 2 is 2.24 bits per heavy atom. The van der Waals surface area contributed by atoms with Crippen molar-refractivity contribution in [2.75, 3.05) is 7.05 Å². The number of carbonyl (C=O) groups excluding carboxylic acids is 1. The molecule has 1 aromatic rings. The van der Waals surface area contributed by atoms with Crippen LogP contribution in [0.15, 0.2) is 20.3 Å². The van der Waals surface area contributed by atoms with Crippen molar-refractivity contribution in [1.82, 2.24) is 14.5 Å². The van der Waals surface area contributed by atoms with Crippen LogP contribution in [0.4, 0.5) is 0 Å². The highest BCUT2D eigenvalue weighted by Crippen LogP contribution is 2.25. The summed E-state index contributed by atoms with van der Waals surface area (Å²) >= 11 is 3.02. The van der Waals surface area contributed by atoms with Gasteiger partial charge in [-0.05, 0) is 28.8 Å². The van der Waals surface area contributed by atoms with Crippen molar-refractivity contribution >= 4 is 21.8 Å². The monoisotopic (exact) mass is 301 g/mol. The van der Waals surface area contributed by atoms with E-state index in [4.69, 9.17) is 0 Å². The number of likely N-dealkylation sites (N-methyl/N-ethyl adjacent to an activating group) is 1. The summed E-state index contributed by atoms with van der Waals surface area (Å²) in [5.41, 5.74) is -1.06. The van der Waals surface area contributed by atoms with E-state index in [0.29, 0.717) is 6.04 Å². The second-order valence-corrected chi connectivity index (χ2v) is 4.95. The van der Waals surface area contributed by atoms with Gasteiger partial charge in [0.25, 0.3) is 5.56 Å². The molecule has 1 N–H and O–H groups in total. The van der Waals surface area contributed by atoms with Crippen LogP contribution in [0.25, 0.3) is 0 Å². The fourth-order valence-corrected chi connectivity index (χ4v) is 1.87. The summed E-state index contributed by atoms with van der Waals surface area (Å²) in [6.07, 6.45) is 3.37. The molecule has 1 aliphatic rings. The smallest absolute Gasteiger partial charge is 0.328 e. The Kier molecular flexibility index (Phi) is 3.19.